The van der Waals surface area contributed by atoms with Crippen molar-refractivity contribution in [3.05, 3.63) is 53.6 Å². The summed E-state index contributed by atoms with van der Waals surface area (Å²) in [6.07, 6.45) is 2.17. The minimum Gasteiger partial charge on any atom is -0.490 e. The van der Waals surface area contributed by atoms with E-state index in [-0.39, 0.29) is 5.57 Å². The lowest BCUT2D eigenvalue weighted by Crippen LogP contribution is -2.13. The molecule has 1 aliphatic heterocycles. The van der Waals surface area contributed by atoms with Crippen LogP contribution in [0.1, 0.15) is 12.0 Å². The predicted molar refractivity (Wildman–Crippen MR) is 103 cm³/mol. The molecule has 0 saturated heterocycles. The Morgan fingerprint density at radius 1 is 1.18 bits per heavy atom. The zero-order valence-corrected chi connectivity index (χ0v) is 15.5. The molecule has 3 rings (SSSR count). The molecule has 1 N–H and O–H groups in total. The molecule has 0 fully saturated rings. The molecule has 5 nitrogen and oxygen atoms in total. The molecule has 0 spiro atoms. The van der Waals surface area contributed by atoms with E-state index in [0.717, 1.165) is 6.42 Å². The van der Waals surface area contributed by atoms with Crippen LogP contribution in [0.5, 0.6) is 11.5 Å². The van der Waals surface area contributed by atoms with Crippen LogP contribution >= 0.6 is 11.8 Å². The van der Waals surface area contributed by atoms with Gasteiger partial charge in [-0.2, -0.15) is 14.0 Å². The summed E-state index contributed by atoms with van der Waals surface area (Å²) >= 11 is 0.418. The van der Waals surface area contributed by atoms with E-state index >= 15 is 0 Å². The van der Waals surface area contributed by atoms with Gasteiger partial charge in [0.15, 0.2) is 11.5 Å². The van der Waals surface area contributed by atoms with Gasteiger partial charge in [0.25, 0.3) is 11.7 Å². The molecule has 0 unspecified atom stereocenters. The van der Waals surface area contributed by atoms with Gasteiger partial charge in [-0.1, -0.05) is 23.9 Å². The molecule has 0 radical (unpaired) electrons. The van der Waals surface area contributed by atoms with Crippen LogP contribution in [0.2, 0.25) is 0 Å². The fourth-order valence-electron chi connectivity index (χ4n) is 2.55. The summed E-state index contributed by atoms with van der Waals surface area (Å²) < 4.78 is 36.0. The van der Waals surface area contributed by atoms with Crippen LogP contribution < -0.4 is 14.8 Å². The maximum atomic E-state index is 12.4. The predicted octanol–water partition coefficient (Wildman–Crippen LogP) is 4.71. The van der Waals surface area contributed by atoms with E-state index in [1.807, 2.05) is 6.07 Å². The first-order valence-corrected chi connectivity index (χ1v) is 9.31. The molecule has 2 aromatic carbocycles. The number of alkyl halides is 2. The van der Waals surface area contributed by atoms with Crippen LogP contribution in [-0.2, 0) is 4.79 Å². The van der Waals surface area contributed by atoms with Crippen LogP contribution in [0.25, 0.3) is 6.08 Å². The highest BCUT2D eigenvalue weighted by atomic mass is 32.2. The van der Waals surface area contributed by atoms with Gasteiger partial charge in [-0.05, 0) is 36.4 Å². The molecule has 8 heteroatoms. The van der Waals surface area contributed by atoms with Crippen molar-refractivity contribution in [2.45, 2.75) is 17.1 Å². The zero-order valence-electron chi connectivity index (χ0n) is 14.7. The first kappa shape index (κ1) is 19.7. The number of hydrogen-bond acceptors (Lipinski definition) is 5. The van der Waals surface area contributed by atoms with Crippen molar-refractivity contribution in [1.29, 1.82) is 5.26 Å². The Morgan fingerprint density at radius 3 is 2.64 bits per heavy atom. The van der Waals surface area contributed by atoms with Gasteiger partial charge >= 0.3 is 0 Å². The van der Waals surface area contributed by atoms with Gasteiger partial charge in [0.2, 0.25) is 0 Å². The molecular weight excluding hydrogens is 386 g/mol. The van der Waals surface area contributed by atoms with E-state index in [2.05, 4.69) is 5.32 Å². The monoisotopic (exact) mass is 402 g/mol. The third-order valence-electron chi connectivity index (χ3n) is 3.80. The minimum absolute atomic E-state index is 0.118. The Kier molecular flexibility index (Phi) is 6.50. The number of nitrogens with one attached hydrogen (secondary N) is 1. The summed E-state index contributed by atoms with van der Waals surface area (Å²) in [6, 6.07) is 13.1. The second kappa shape index (κ2) is 9.24. The molecule has 0 aromatic heterocycles. The number of nitrogens with zero attached hydrogens (tertiary/aromatic N) is 1. The summed E-state index contributed by atoms with van der Waals surface area (Å²) in [7, 11) is 0. The number of thioether (sulfide) groups is 1. The van der Waals surface area contributed by atoms with Crippen molar-refractivity contribution in [2.75, 3.05) is 18.5 Å². The van der Waals surface area contributed by atoms with Gasteiger partial charge in [0.1, 0.15) is 11.6 Å². The number of carbonyl (C=O) groups is 1. The van der Waals surface area contributed by atoms with Crippen LogP contribution in [0.3, 0.4) is 0 Å². The lowest BCUT2D eigenvalue weighted by Gasteiger charge is -2.10. The van der Waals surface area contributed by atoms with Crippen molar-refractivity contribution < 1.29 is 23.0 Å². The van der Waals surface area contributed by atoms with Crippen molar-refractivity contribution in [3.63, 3.8) is 0 Å². The van der Waals surface area contributed by atoms with Crippen LogP contribution in [-0.4, -0.2) is 24.9 Å². The van der Waals surface area contributed by atoms with E-state index < -0.39 is 11.7 Å². The number of rotatable bonds is 5. The van der Waals surface area contributed by atoms with E-state index in [9.17, 15) is 18.8 Å². The highest BCUT2D eigenvalue weighted by Crippen LogP contribution is 2.34. The molecule has 0 aliphatic carbocycles. The molecule has 0 bridgehead atoms. The molecule has 1 amide bonds. The summed E-state index contributed by atoms with van der Waals surface area (Å²) in [4.78, 5) is 12.8. The topological polar surface area (TPSA) is 71.3 Å². The van der Waals surface area contributed by atoms with E-state index in [1.54, 1.807) is 18.2 Å². The molecule has 144 valence electrons. The maximum absolute atomic E-state index is 12.4. The number of hydrogen-bond donors (Lipinski definition) is 1. The number of anilines is 1. The number of amides is 1. The molecule has 28 heavy (non-hydrogen) atoms. The van der Waals surface area contributed by atoms with Crippen molar-refractivity contribution in [3.8, 4) is 17.6 Å². The average Bonchev–Trinajstić information content (AvgIpc) is 2.93. The number of fused-ring (bicyclic) bond motifs is 1. The lowest BCUT2D eigenvalue weighted by atomic mass is 10.1. The highest BCUT2D eigenvalue weighted by Gasteiger charge is 2.16. The first-order valence-electron chi connectivity index (χ1n) is 8.43. The average molecular weight is 402 g/mol. The van der Waals surface area contributed by atoms with Gasteiger partial charge in [0, 0.05) is 22.6 Å². The zero-order chi connectivity index (χ0) is 19.9. The third kappa shape index (κ3) is 5.02. The second-order valence-corrected chi connectivity index (χ2v) is 6.82. The largest absolute Gasteiger partial charge is 0.490 e. The molecule has 1 heterocycles. The third-order valence-corrected chi connectivity index (χ3v) is 4.53. The lowest BCUT2D eigenvalue weighted by molar-refractivity contribution is -0.112. The number of carbonyl (C=O) groups excluding carboxylic acids is 1. The molecule has 2 aromatic rings. The Bertz CT molecular complexity index is 924. The molecule has 0 atom stereocenters. The summed E-state index contributed by atoms with van der Waals surface area (Å²) in [5.41, 5.74) is 0.846. The number of halogens is 2. The molecule has 1 aliphatic rings. The number of para-hydroxylation sites is 1. The normalized spacial score (nSPS) is 13.6. The van der Waals surface area contributed by atoms with Gasteiger partial charge in [-0.15, -0.1) is 0 Å². The van der Waals surface area contributed by atoms with Crippen molar-refractivity contribution in [1.82, 2.24) is 0 Å². The SMILES string of the molecule is N#C/C(=C/c1cccc2c1OCCCO2)C(=O)Nc1ccc(SC(F)F)cc1. The van der Waals surface area contributed by atoms with Crippen LogP contribution in [0.4, 0.5) is 14.5 Å². The van der Waals surface area contributed by atoms with E-state index in [4.69, 9.17) is 9.47 Å². The number of benzene rings is 2. The summed E-state index contributed by atoms with van der Waals surface area (Å²) in [5.74, 6) is -2.06. The Labute approximate surface area is 164 Å². The van der Waals surface area contributed by atoms with E-state index in [1.165, 1.54) is 30.3 Å². The van der Waals surface area contributed by atoms with Gasteiger partial charge < -0.3 is 14.8 Å². The Morgan fingerprint density at radius 2 is 1.93 bits per heavy atom. The van der Waals surface area contributed by atoms with Crippen molar-refractivity contribution in [2.24, 2.45) is 0 Å². The highest BCUT2D eigenvalue weighted by molar-refractivity contribution is 7.99. The second-order valence-electron chi connectivity index (χ2n) is 5.75. The van der Waals surface area contributed by atoms with E-state index in [0.29, 0.717) is 52.6 Å². The maximum Gasteiger partial charge on any atom is 0.288 e. The summed E-state index contributed by atoms with van der Waals surface area (Å²) in [5, 5.41) is 12.0. The van der Waals surface area contributed by atoms with Gasteiger partial charge in [-0.3, -0.25) is 4.79 Å². The molecule has 0 saturated carbocycles. The van der Waals surface area contributed by atoms with Crippen LogP contribution in [0.15, 0.2) is 52.9 Å². The Hall–Kier alpha value is -3.05. The van der Waals surface area contributed by atoms with Crippen molar-refractivity contribution >= 4 is 29.4 Å². The fraction of sp³-hybridized carbons (Fsp3) is 0.200. The smallest absolute Gasteiger partial charge is 0.288 e. The quantitative estimate of drug-likeness (QED) is 0.446. The van der Waals surface area contributed by atoms with Gasteiger partial charge in [0.05, 0.1) is 13.2 Å². The van der Waals surface area contributed by atoms with Crippen LogP contribution in [0, 0.1) is 11.3 Å². The minimum atomic E-state index is -2.51. The summed E-state index contributed by atoms with van der Waals surface area (Å²) in [6.45, 7) is 1.01. The fourth-order valence-corrected chi connectivity index (χ4v) is 3.05. The number of nitriles is 1. The number of ether oxygens (including phenoxy) is 2. The molecular formula is C20H16F2N2O3S. The first-order chi connectivity index (χ1) is 13.6. The Balaban J connectivity index is 1.78. The van der Waals surface area contributed by atoms with Gasteiger partial charge in [-0.25, -0.2) is 0 Å². The standard InChI is InChI=1S/C20H16F2N2O3S/c21-20(22)28-16-7-5-15(6-8-16)24-19(25)14(12-23)11-13-3-1-4-17-18(13)27-10-2-9-26-17/h1,3-8,11,20H,2,9-10H2,(H,24,25)/b14-11-.